The van der Waals surface area contributed by atoms with Crippen molar-refractivity contribution in [2.75, 3.05) is 19.1 Å². The number of methoxy groups -OCH3 is 1. The largest absolute Gasteiger partial charge is 0.496 e. The third kappa shape index (κ3) is 3.42. The highest BCUT2D eigenvalue weighted by molar-refractivity contribution is 5.94. The van der Waals surface area contributed by atoms with Crippen LogP contribution in [0.5, 0.6) is 5.75 Å². The second-order valence-electron chi connectivity index (χ2n) is 8.85. The molecule has 1 aliphatic carbocycles. The number of ether oxygens (including phenoxy) is 1. The average Bonchev–Trinajstić information content (AvgIpc) is 2.82. The van der Waals surface area contributed by atoms with Crippen molar-refractivity contribution in [2.45, 2.75) is 39.2 Å². The van der Waals surface area contributed by atoms with Crippen LogP contribution in [-0.4, -0.2) is 19.1 Å². The fraction of sp³-hybridized carbons (Fsp3) is 0.276. The molecule has 0 bridgehead atoms. The van der Waals surface area contributed by atoms with Crippen LogP contribution in [0.1, 0.15) is 41.3 Å². The summed E-state index contributed by atoms with van der Waals surface area (Å²) in [6.07, 6.45) is 3.21. The maximum absolute atomic E-state index is 5.99. The lowest BCUT2D eigenvalue weighted by Crippen LogP contribution is -2.29. The molecule has 5 rings (SSSR count). The first-order chi connectivity index (χ1) is 15.6. The van der Waals surface area contributed by atoms with Crippen molar-refractivity contribution in [3.05, 3.63) is 89.1 Å². The molecule has 3 nitrogen and oxygen atoms in total. The predicted octanol–water partition coefficient (Wildman–Crippen LogP) is 7.04. The van der Waals surface area contributed by atoms with Gasteiger partial charge in [-0.15, -0.1) is 0 Å². The van der Waals surface area contributed by atoms with Gasteiger partial charge in [0.1, 0.15) is 5.75 Å². The van der Waals surface area contributed by atoms with Gasteiger partial charge in [0.15, 0.2) is 0 Å². The van der Waals surface area contributed by atoms with Gasteiger partial charge in [0.2, 0.25) is 0 Å². The highest BCUT2D eigenvalue weighted by Crippen LogP contribution is 2.43. The van der Waals surface area contributed by atoms with Gasteiger partial charge >= 0.3 is 0 Å². The number of anilines is 1. The Morgan fingerprint density at radius 2 is 1.66 bits per heavy atom. The molecule has 3 heteroatoms. The third-order valence-corrected chi connectivity index (χ3v) is 6.90. The Hall–Kier alpha value is -3.33. The summed E-state index contributed by atoms with van der Waals surface area (Å²) in [4.78, 5) is 7.62. The van der Waals surface area contributed by atoms with Crippen LogP contribution in [0.15, 0.2) is 66.7 Å². The maximum Gasteiger partial charge on any atom is 0.128 e. The van der Waals surface area contributed by atoms with E-state index in [-0.39, 0.29) is 6.04 Å². The van der Waals surface area contributed by atoms with Crippen LogP contribution in [-0.2, 0) is 6.42 Å². The summed E-state index contributed by atoms with van der Waals surface area (Å²) in [5, 5.41) is 2.55. The topological polar surface area (TPSA) is 25.4 Å². The molecule has 0 amide bonds. The van der Waals surface area contributed by atoms with E-state index in [4.69, 9.17) is 9.72 Å². The Bertz CT molecular complexity index is 1250. The Balaban J connectivity index is 1.63. The summed E-state index contributed by atoms with van der Waals surface area (Å²) in [6.45, 7) is 4.32. The lowest BCUT2D eigenvalue weighted by Gasteiger charge is -2.36. The van der Waals surface area contributed by atoms with Crippen molar-refractivity contribution in [2.24, 2.45) is 0 Å². The Morgan fingerprint density at radius 3 is 2.44 bits per heavy atom. The number of pyridine rings is 1. The normalized spacial score (nSPS) is 15.4. The van der Waals surface area contributed by atoms with Crippen molar-refractivity contribution >= 4 is 16.5 Å². The molecule has 4 aromatic rings. The molecule has 1 heterocycles. The fourth-order valence-electron chi connectivity index (χ4n) is 5.32. The number of rotatable bonds is 4. The number of hydrogen-bond donors (Lipinski definition) is 0. The van der Waals surface area contributed by atoms with E-state index in [0.29, 0.717) is 0 Å². The highest BCUT2D eigenvalue weighted by Gasteiger charge is 2.30. The molecule has 162 valence electrons. The van der Waals surface area contributed by atoms with Crippen LogP contribution in [0, 0.1) is 13.8 Å². The van der Waals surface area contributed by atoms with E-state index in [1.54, 1.807) is 7.11 Å². The van der Waals surface area contributed by atoms with Crippen LogP contribution < -0.4 is 9.64 Å². The molecule has 1 unspecified atom stereocenters. The number of aryl methyl sites for hydroxylation is 3. The predicted molar refractivity (Wildman–Crippen MR) is 134 cm³/mol. The van der Waals surface area contributed by atoms with Gasteiger partial charge in [-0.2, -0.15) is 0 Å². The summed E-state index contributed by atoms with van der Waals surface area (Å²) in [5.41, 5.74) is 8.40. The van der Waals surface area contributed by atoms with Crippen LogP contribution in [0.2, 0.25) is 0 Å². The van der Waals surface area contributed by atoms with Crippen LogP contribution in [0.3, 0.4) is 0 Å². The average molecular weight is 423 g/mol. The summed E-state index contributed by atoms with van der Waals surface area (Å²) >= 11 is 0. The van der Waals surface area contributed by atoms with Crippen molar-refractivity contribution in [1.82, 2.24) is 4.98 Å². The second kappa shape index (κ2) is 8.31. The number of fused-ring (bicyclic) bond motifs is 2. The number of aromatic nitrogens is 1. The van der Waals surface area contributed by atoms with Gasteiger partial charge in [0.25, 0.3) is 0 Å². The van der Waals surface area contributed by atoms with Gasteiger partial charge in [0, 0.05) is 35.3 Å². The quantitative estimate of drug-likeness (QED) is 0.353. The van der Waals surface area contributed by atoms with Crippen LogP contribution in [0.4, 0.5) is 5.69 Å². The zero-order chi connectivity index (χ0) is 22.2. The van der Waals surface area contributed by atoms with Crippen LogP contribution >= 0.6 is 0 Å². The van der Waals surface area contributed by atoms with Crippen molar-refractivity contribution in [3.63, 3.8) is 0 Å². The minimum Gasteiger partial charge on any atom is -0.496 e. The lowest BCUT2D eigenvalue weighted by molar-refractivity contribution is 0.395. The number of nitrogens with zero attached hydrogens (tertiary/aromatic N) is 2. The molecule has 0 radical (unpaired) electrons. The molecule has 1 aromatic heterocycles. The number of benzene rings is 3. The van der Waals surface area contributed by atoms with Gasteiger partial charge in [-0.25, -0.2) is 0 Å². The standard InChI is InChI=1S/C29H30N2O/c1-19-10-7-11-20(2)28(19)24-18-27(32-4)29-23(30-24)15-9-17-26(29)31(3)25-16-8-13-21-12-5-6-14-22(21)25/h5-8,10-14,16,18,26H,9,15,17H2,1-4H3. The summed E-state index contributed by atoms with van der Waals surface area (Å²) < 4.78 is 5.99. The summed E-state index contributed by atoms with van der Waals surface area (Å²) in [6, 6.07) is 24.0. The molecule has 32 heavy (non-hydrogen) atoms. The van der Waals surface area contributed by atoms with Crippen molar-refractivity contribution in [1.29, 1.82) is 0 Å². The van der Waals surface area contributed by atoms with Crippen molar-refractivity contribution in [3.8, 4) is 17.0 Å². The minimum atomic E-state index is 0.235. The van der Waals surface area contributed by atoms with E-state index in [9.17, 15) is 0 Å². The smallest absolute Gasteiger partial charge is 0.128 e. The van der Waals surface area contributed by atoms with E-state index < -0.39 is 0 Å². The van der Waals surface area contributed by atoms with Gasteiger partial charge < -0.3 is 9.64 Å². The monoisotopic (exact) mass is 422 g/mol. The Morgan fingerprint density at radius 1 is 0.938 bits per heavy atom. The molecule has 0 aliphatic heterocycles. The molecule has 1 atom stereocenters. The first-order valence-electron chi connectivity index (χ1n) is 11.4. The minimum absolute atomic E-state index is 0.235. The van der Waals surface area contributed by atoms with Gasteiger partial charge in [-0.3, -0.25) is 4.98 Å². The molecule has 0 fully saturated rings. The maximum atomic E-state index is 5.99. The number of hydrogen-bond acceptors (Lipinski definition) is 3. The van der Waals surface area contributed by atoms with E-state index in [2.05, 4.69) is 92.5 Å². The SMILES string of the molecule is COc1cc(-c2c(C)cccc2C)nc2c1C(N(C)c1cccc3ccccc13)CCC2. The Kier molecular flexibility index (Phi) is 5.34. The zero-order valence-electron chi connectivity index (χ0n) is 19.4. The van der Waals surface area contributed by atoms with Gasteiger partial charge in [-0.05, 0) is 55.7 Å². The molecule has 1 aliphatic rings. The molecular formula is C29H30N2O. The first-order valence-corrected chi connectivity index (χ1v) is 11.4. The lowest BCUT2D eigenvalue weighted by atomic mass is 9.87. The van der Waals surface area contributed by atoms with Crippen LogP contribution in [0.25, 0.3) is 22.0 Å². The molecule has 0 saturated heterocycles. The Labute approximate surface area is 190 Å². The van der Waals surface area contributed by atoms with Crippen molar-refractivity contribution < 1.29 is 4.74 Å². The second-order valence-corrected chi connectivity index (χ2v) is 8.85. The van der Waals surface area contributed by atoms with Gasteiger partial charge in [-0.1, -0.05) is 54.6 Å². The molecule has 0 saturated carbocycles. The van der Waals surface area contributed by atoms with E-state index >= 15 is 0 Å². The molecule has 3 aromatic carbocycles. The first kappa shape index (κ1) is 20.6. The summed E-state index contributed by atoms with van der Waals surface area (Å²) in [5.74, 6) is 0.949. The van der Waals surface area contributed by atoms with Gasteiger partial charge in [0.05, 0.1) is 24.5 Å². The molecule has 0 N–H and O–H groups in total. The third-order valence-electron chi connectivity index (χ3n) is 6.90. The molecular weight excluding hydrogens is 392 g/mol. The zero-order valence-corrected chi connectivity index (χ0v) is 19.4. The summed E-state index contributed by atoms with van der Waals surface area (Å²) in [7, 11) is 3.99. The fourth-order valence-corrected chi connectivity index (χ4v) is 5.32. The highest BCUT2D eigenvalue weighted by atomic mass is 16.5. The van der Waals surface area contributed by atoms with E-state index in [1.165, 1.54) is 44.4 Å². The van der Waals surface area contributed by atoms with E-state index in [0.717, 1.165) is 30.7 Å². The molecule has 0 spiro atoms. The van der Waals surface area contributed by atoms with E-state index in [1.807, 2.05) is 0 Å².